The van der Waals surface area contributed by atoms with Gasteiger partial charge in [-0.05, 0) is 24.6 Å². The highest BCUT2D eigenvalue weighted by molar-refractivity contribution is 5.92. The van der Waals surface area contributed by atoms with Crippen molar-refractivity contribution in [3.63, 3.8) is 0 Å². The van der Waals surface area contributed by atoms with Gasteiger partial charge in [0.2, 0.25) is 0 Å². The summed E-state index contributed by atoms with van der Waals surface area (Å²) in [7, 11) is 0. The second-order valence-electron chi connectivity index (χ2n) is 4.08. The van der Waals surface area contributed by atoms with Gasteiger partial charge in [-0.3, -0.25) is 4.79 Å². The Morgan fingerprint density at radius 3 is 2.74 bits per heavy atom. The average molecular weight is 261 g/mol. The minimum absolute atomic E-state index is 0.00712. The monoisotopic (exact) mass is 261 g/mol. The van der Waals surface area contributed by atoms with E-state index in [0.29, 0.717) is 12.2 Å². The van der Waals surface area contributed by atoms with Crippen molar-refractivity contribution in [3.8, 4) is 0 Å². The second-order valence-corrected chi connectivity index (χ2v) is 4.08. The molecule has 1 aromatic heterocycles. The van der Waals surface area contributed by atoms with Crippen molar-refractivity contribution in [2.75, 3.05) is 0 Å². The Morgan fingerprint density at radius 1 is 1.42 bits per heavy atom. The van der Waals surface area contributed by atoms with Crippen molar-refractivity contribution in [2.45, 2.75) is 13.3 Å². The molecule has 2 aromatic rings. The number of nitrogens with zero attached hydrogens (tertiary/aromatic N) is 1. The van der Waals surface area contributed by atoms with Crippen molar-refractivity contribution in [2.24, 2.45) is 0 Å². The molecule has 1 aromatic carbocycles. The zero-order valence-corrected chi connectivity index (χ0v) is 10.3. The number of allylic oxidation sites excluding steroid dienone is 1. The fourth-order valence-electron chi connectivity index (χ4n) is 1.57. The van der Waals surface area contributed by atoms with E-state index in [4.69, 9.17) is 4.42 Å². The van der Waals surface area contributed by atoms with Crippen LogP contribution in [0.1, 0.15) is 24.1 Å². The molecular weight excluding hydrogens is 249 g/mol. The number of aliphatic hydroxyl groups is 1. The first-order valence-electron chi connectivity index (χ1n) is 5.65. The highest BCUT2D eigenvalue weighted by Gasteiger charge is 2.09. The molecule has 5 heteroatoms. The summed E-state index contributed by atoms with van der Waals surface area (Å²) < 4.78 is 18.1. The summed E-state index contributed by atoms with van der Waals surface area (Å²) in [5.74, 6) is -0.393. The van der Waals surface area contributed by atoms with Crippen LogP contribution in [0.4, 0.5) is 4.39 Å². The molecule has 0 fully saturated rings. The van der Waals surface area contributed by atoms with E-state index in [0.717, 1.165) is 11.6 Å². The van der Waals surface area contributed by atoms with Crippen LogP contribution in [-0.4, -0.2) is 15.9 Å². The minimum Gasteiger partial charge on any atom is -0.503 e. The Bertz CT molecular complexity index is 614. The molecule has 0 spiro atoms. The number of aliphatic hydroxyl groups excluding tert-OH is 1. The number of halogens is 1. The summed E-state index contributed by atoms with van der Waals surface area (Å²) in [4.78, 5) is 14.7. The molecule has 0 saturated heterocycles. The van der Waals surface area contributed by atoms with Crippen LogP contribution in [0.25, 0.3) is 5.76 Å². The summed E-state index contributed by atoms with van der Waals surface area (Å²) in [6.45, 7) is 1.32. The molecule has 2 rings (SSSR count). The third-order valence-corrected chi connectivity index (χ3v) is 2.40. The van der Waals surface area contributed by atoms with E-state index in [1.165, 1.54) is 25.3 Å². The summed E-state index contributed by atoms with van der Waals surface area (Å²) in [5.41, 5.74) is 0.860. The van der Waals surface area contributed by atoms with Crippen LogP contribution in [0.3, 0.4) is 0 Å². The third kappa shape index (κ3) is 3.51. The number of rotatable bonds is 4. The summed E-state index contributed by atoms with van der Waals surface area (Å²) in [6, 6.07) is 6.01. The number of carbonyl (C=O) groups excluding carboxylic acids is 1. The van der Waals surface area contributed by atoms with Gasteiger partial charge in [0.1, 0.15) is 11.6 Å². The molecule has 0 unspecified atom stereocenters. The quantitative estimate of drug-likeness (QED) is 0.679. The third-order valence-electron chi connectivity index (χ3n) is 2.40. The van der Waals surface area contributed by atoms with Crippen molar-refractivity contribution in [3.05, 3.63) is 59.6 Å². The normalized spacial score (nSPS) is 11.6. The Kier molecular flexibility index (Phi) is 3.75. The lowest BCUT2D eigenvalue weighted by molar-refractivity contribution is -0.112. The number of oxazole rings is 1. The van der Waals surface area contributed by atoms with Crippen molar-refractivity contribution >= 4 is 11.5 Å². The lowest BCUT2D eigenvalue weighted by Crippen LogP contribution is -1.88. The van der Waals surface area contributed by atoms with Crippen LogP contribution in [0.2, 0.25) is 0 Å². The fraction of sp³-hybridized carbons (Fsp3) is 0.143. The number of benzene rings is 1. The first kappa shape index (κ1) is 13.0. The molecule has 1 heterocycles. The highest BCUT2D eigenvalue weighted by atomic mass is 19.1. The summed E-state index contributed by atoms with van der Waals surface area (Å²) in [6.07, 6.45) is 2.93. The van der Waals surface area contributed by atoms with Crippen LogP contribution in [0, 0.1) is 5.82 Å². The van der Waals surface area contributed by atoms with Gasteiger partial charge in [-0.1, -0.05) is 12.1 Å². The van der Waals surface area contributed by atoms with Gasteiger partial charge in [0.05, 0.1) is 6.20 Å². The first-order valence-corrected chi connectivity index (χ1v) is 5.65. The van der Waals surface area contributed by atoms with Gasteiger partial charge in [-0.15, -0.1) is 0 Å². The number of aromatic nitrogens is 1. The van der Waals surface area contributed by atoms with Crippen molar-refractivity contribution in [1.29, 1.82) is 0 Å². The molecule has 1 N–H and O–H groups in total. The molecule has 0 aliphatic heterocycles. The molecule has 0 aliphatic rings. The SMILES string of the molecule is CC(=O)C=C(O)c1ncc(Cc2ccc(F)cc2)o1. The maximum Gasteiger partial charge on any atom is 0.262 e. The Hall–Kier alpha value is -2.43. The Balaban J connectivity index is 2.13. The molecule has 0 radical (unpaired) electrons. The van der Waals surface area contributed by atoms with E-state index in [2.05, 4.69) is 4.98 Å². The van der Waals surface area contributed by atoms with Gasteiger partial charge in [0.25, 0.3) is 5.89 Å². The van der Waals surface area contributed by atoms with Gasteiger partial charge in [0.15, 0.2) is 11.5 Å². The number of hydrogen-bond acceptors (Lipinski definition) is 4. The predicted octanol–water partition coefficient (Wildman–Crippen LogP) is 2.89. The molecule has 98 valence electrons. The number of ketones is 1. The topological polar surface area (TPSA) is 63.3 Å². The van der Waals surface area contributed by atoms with Crippen LogP contribution in [0.15, 0.2) is 41.0 Å². The smallest absolute Gasteiger partial charge is 0.262 e. The van der Waals surface area contributed by atoms with Crippen LogP contribution >= 0.6 is 0 Å². The fourth-order valence-corrected chi connectivity index (χ4v) is 1.57. The van der Waals surface area contributed by atoms with E-state index in [1.54, 1.807) is 12.1 Å². The maximum atomic E-state index is 12.7. The van der Waals surface area contributed by atoms with Gasteiger partial charge >= 0.3 is 0 Å². The standard InChI is InChI=1S/C14H12FNO3/c1-9(17)6-13(18)14-16-8-12(19-14)7-10-2-4-11(15)5-3-10/h2-6,8,18H,7H2,1H3. The van der Waals surface area contributed by atoms with E-state index >= 15 is 0 Å². The lowest BCUT2D eigenvalue weighted by atomic mass is 10.1. The van der Waals surface area contributed by atoms with Crippen LogP contribution in [-0.2, 0) is 11.2 Å². The molecule has 0 atom stereocenters. The van der Waals surface area contributed by atoms with Crippen LogP contribution < -0.4 is 0 Å². The number of hydrogen-bond donors (Lipinski definition) is 1. The van der Waals surface area contributed by atoms with Crippen molar-refractivity contribution in [1.82, 2.24) is 4.98 Å². The van der Waals surface area contributed by atoms with Gasteiger partial charge in [-0.2, -0.15) is 0 Å². The molecule has 0 saturated carbocycles. The van der Waals surface area contributed by atoms with Gasteiger partial charge in [0, 0.05) is 12.5 Å². The van der Waals surface area contributed by atoms with E-state index in [-0.39, 0.29) is 23.3 Å². The lowest BCUT2D eigenvalue weighted by Gasteiger charge is -1.97. The Labute approximate surface area is 109 Å². The van der Waals surface area contributed by atoms with Gasteiger partial charge < -0.3 is 9.52 Å². The van der Waals surface area contributed by atoms with E-state index in [9.17, 15) is 14.3 Å². The highest BCUT2D eigenvalue weighted by Crippen LogP contribution is 2.15. The molecule has 19 heavy (non-hydrogen) atoms. The minimum atomic E-state index is -0.308. The van der Waals surface area contributed by atoms with Crippen molar-refractivity contribution < 1.29 is 18.7 Å². The largest absolute Gasteiger partial charge is 0.503 e. The zero-order chi connectivity index (χ0) is 13.8. The molecule has 0 aliphatic carbocycles. The molecular formula is C14H12FNO3. The zero-order valence-electron chi connectivity index (χ0n) is 10.3. The molecule has 0 bridgehead atoms. The summed E-state index contributed by atoms with van der Waals surface area (Å²) >= 11 is 0. The average Bonchev–Trinajstić information content (AvgIpc) is 2.80. The van der Waals surface area contributed by atoms with Crippen LogP contribution in [0.5, 0.6) is 0 Å². The maximum absolute atomic E-state index is 12.7. The van der Waals surface area contributed by atoms with Gasteiger partial charge in [-0.25, -0.2) is 9.37 Å². The molecule has 0 amide bonds. The van der Waals surface area contributed by atoms with E-state index in [1.807, 2.05) is 0 Å². The second kappa shape index (κ2) is 5.48. The molecule has 4 nitrogen and oxygen atoms in total. The first-order chi connectivity index (χ1) is 9.04. The summed E-state index contributed by atoms with van der Waals surface area (Å²) in [5, 5.41) is 9.54. The van der Waals surface area contributed by atoms with E-state index < -0.39 is 0 Å². The predicted molar refractivity (Wildman–Crippen MR) is 67.0 cm³/mol. The Morgan fingerprint density at radius 2 is 2.11 bits per heavy atom. The number of carbonyl (C=O) groups is 1.